The molecule has 30 heavy (non-hydrogen) atoms. The summed E-state index contributed by atoms with van der Waals surface area (Å²) in [5, 5.41) is 2.86. The second-order valence-corrected chi connectivity index (χ2v) is 9.57. The van der Waals surface area contributed by atoms with Gasteiger partial charge in [0.2, 0.25) is 11.8 Å². The van der Waals surface area contributed by atoms with Crippen LogP contribution in [0.5, 0.6) is 0 Å². The molecule has 0 spiro atoms. The van der Waals surface area contributed by atoms with Gasteiger partial charge in [-0.1, -0.05) is 45.0 Å². The number of benzene rings is 1. The van der Waals surface area contributed by atoms with Gasteiger partial charge < -0.3 is 10.2 Å². The predicted octanol–water partition coefficient (Wildman–Crippen LogP) is 5.03. The summed E-state index contributed by atoms with van der Waals surface area (Å²) in [6, 6.07) is 11.9. The van der Waals surface area contributed by atoms with Gasteiger partial charge >= 0.3 is 0 Å². The lowest BCUT2D eigenvalue weighted by Crippen LogP contribution is -2.40. The van der Waals surface area contributed by atoms with Crippen molar-refractivity contribution in [1.29, 1.82) is 0 Å². The normalized spacial score (nSPS) is 15.4. The average Bonchev–Trinajstić information content (AvgIpc) is 2.73. The molecule has 3 rings (SSSR count). The minimum absolute atomic E-state index is 0.0108. The zero-order chi connectivity index (χ0) is 21.7. The molecule has 158 valence electrons. The van der Waals surface area contributed by atoms with Crippen molar-refractivity contribution in [3.63, 3.8) is 0 Å². The number of likely N-dealkylation sites (tertiary alicyclic amines) is 1. The van der Waals surface area contributed by atoms with E-state index < -0.39 is 0 Å². The molecule has 5 nitrogen and oxygen atoms in total. The highest BCUT2D eigenvalue weighted by Crippen LogP contribution is 2.23. The molecule has 0 bridgehead atoms. The van der Waals surface area contributed by atoms with E-state index in [-0.39, 0.29) is 23.1 Å². The van der Waals surface area contributed by atoms with E-state index in [9.17, 15) is 9.59 Å². The van der Waals surface area contributed by atoms with E-state index in [0.717, 1.165) is 10.0 Å². The molecule has 1 saturated heterocycles. The topological polar surface area (TPSA) is 62.3 Å². The summed E-state index contributed by atoms with van der Waals surface area (Å²) in [5.74, 6) is 0.394. The Hall–Kier alpha value is -2.47. The van der Waals surface area contributed by atoms with Crippen LogP contribution in [0.2, 0.25) is 0 Å². The lowest BCUT2D eigenvalue weighted by atomic mass is 9.87. The molecular formula is C24H28BrN3O2. The molecule has 0 unspecified atom stereocenters. The summed E-state index contributed by atoms with van der Waals surface area (Å²) in [5.41, 5.74) is 2.39. The van der Waals surface area contributed by atoms with Gasteiger partial charge in [-0.25, -0.2) is 4.98 Å². The van der Waals surface area contributed by atoms with Crippen LogP contribution in [0.1, 0.15) is 44.7 Å². The summed E-state index contributed by atoms with van der Waals surface area (Å²) >= 11 is 3.33. The molecule has 0 radical (unpaired) electrons. The molecule has 1 fully saturated rings. The van der Waals surface area contributed by atoms with E-state index >= 15 is 0 Å². The number of rotatable bonds is 4. The third-order valence-corrected chi connectivity index (χ3v) is 5.82. The number of aromatic nitrogens is 1. The number of hydrogen-bond acceptors (Lipinski definition) is 3. The molecule has 0 atom stereocenters. The second-order valence-electron chi connectivity index (χ2n) is 8.66. The summed E-state index contributed by atoms with van der Waals surface area (Å²) in [6.45, 7) is 7.71. The summed E-state index contributed by atoms with van der Waals surface area (Å²) in [4.78, 5) is 31.0. The maximum Gasteiger partial charge on any atom is 0.246 e. The van der Waals surface area contributed by atoms with E-state index in [2.05, 4.69) is 59.1 Å². The Morgan fingerprint density at radius 1 is 1.10 bits per heavy atom. The van der Waals surface area contributed by atoms with Crippen LogP contribution in [0.3, 0.4) is 0 Å². The summed E-state index contributed by atoms with van der Waals surface area (Å²) in [7, 11) is 0. The fraction of sp³-hybridized carbons (Fsp3) is 0.375. The Balaban J connectivity index is 1.49. The highest BCUT2D eigenvalue weighted by Gasteiger charge is 2.26. The molecule has 1 aliphatic rings. The Labute approximate surface area is 186 Å². The standard InChI is InChI=1S/C24H28BrN3O2/c1-24(2,3)19-7-4-17(5-8-19)6-11-22(29)28-14-12-18(13-15-28)23(30)27-21-10-9-20(25)16-26-21/h4-11,16,18H,12-15H2,1-3H3,(H,26,27,30)/b11-6+. The van der Waals surface area contributed by atoms with Crippen molar-refractivity contribution in [1.82, 2.24) is 9.88 Å². The number of pyridine rings is 1. The van der Waals surface area contributed by atoms with E-state index in [0.29, 0.717) is 31.7 Å². The van der Waals surface area contributed by atoms with Crippen molar-refractivity contribution in [3.05, 3.63) is 64.3 Å². The van der Waals surface area contributed by atoms with Crippen LogP contribution in [-0.2, 0) is 15.0 Å². The Kier molecular flexibility index (Phi) is 7.08. The number of hydrogen-bond donors (Lipinski definition) is 1. The molecule has 2 aromatic rings. The van der Waals surface area contributed by atoms with Crippen LogP contribution in [0, 0.1) is 5.92 Å². The highest BCUT2D eigenvalue weighted by atomic mass is 79.9. The van der Waals surface area contributed by atoms with Gasteiger partial charge in [-0.3, -0.25) is 9.59 Å². The molecular weight excluding hydrogens is 442 g/mol. The van der Waals surface area contributed by atoms with E-state index in [1.165, 1.54) is 5.56 Å². The van der Waals surface area contributed by atoms with Crippen molar-refractivity contribution in [2.24, 2.45) is 5.92 Å². The number of halogens is 1. The van der Waals surface area contributed by atoms with Gasteiger partial charge in [0.25, 0.3) is 0 Å². The van der Waals surface area contributed by atoms with Gasteiger partial charge in [-0.15, -0.1) is 0 Å². The first-order valence-electron chi connectivity index (χ1n) is 10.2. The lowest BCUT2D eigenvalue weighted by Gasteiger charge is -2.30. The second kappa shape index (κ2) is 9.56. The Bertz CT molecular complexity index is 907. The molecule has 0 saturated carbocycles. The SMILES string of the molecule is CC(C)(C)c1ccc(/C=C/C(=O)N2CCC(C(=O)Nc3ccc(Br)cn3)CC2)cc1. The molecule has 2 heterocycles. The number of piperidine rings is 1. The third kappa shape index (κ3) is 6.02. The van der Waals surface area contributed by atoms with Crippen LogP contribution in [0.25, 0.3) is 6.08 Å². The first kappa shape index (κ1) is 22.2. The number of carbonyl (C=O) groups is 2. The van der Waals surface area contributed by atoms with Gasteiger partial charge in [0.05, 0.1) is 0 Å². The van der Waals surface area contributed by atoms with Crippen LogP contribution in [0.4, 0.5) is 5.82 Å². The monoisotopic (exact) mass is 469 g/mol. The number of amides is 2. The maximum absolute atomic E-state index is 12.5. The van der Waals surface area contributed by atoms with E-state index in [1.807, 2.05) is 29.2 Å². The predicted molar refractivity (Wildman–Crippen MR) is 124 cm³/mol. The van der Waals surface area contributed by atoms with Gasteiger partial charge in [-0.05, 0) is 63.5 Å². The zero-order valence-corrected chi connectivity index (χ0v) is 19.3. The fourth-order valence-electron chi connectivity index (χ4n) is 3.41. The molecule has 6 heteroatoms. The molecule has 1 aromatic heterocycles. The summed E-state index contributed by atoms with van der Waals surface area (Å²) < 4.78 is 0.866. The number of anilines is 1. The minimum atomic E-state index is -0.103. The average molecular weight is 470 g/mol. The van der Waals surface area contributed by atoms with Gasteiger partial charge in [0.1, 0.15) is 5.82 Å². The van der Waals surface area contributed by atoms with Crippen molar-refractivity contribution in [2.75, 3.05) is 18.4 Å². The lowest BCUT2D eigenvalue weighted by molar-refractivity contribution is -0.130. The van der Waals surface area contributed by atoms with E-state index in [4.69, 9.17) is 0 Å². The van der Waals surface area contributed by atoms with Crippen molar-refractivity contribution < 1.29 is 9.59 Å². The first-order valence-corrected chi connectivity index (χ1v) is 11.0. The van der Waals surface area contributed by atoms with Crippen LogP contribution < -0.4 is 5.32 Å². The largest absolute Gasteiger partial charge is 0.339 e. The van der Waals surface area contributed by atoms with E-state index in [1.54, 1.807) is 18.3 Å². The highest BCUT2D eigenvalue weighted by molar-refractivity contribution is 9.10. The van der Waals surface area contributed by atoms with Crippen molar-refractivity contribution in [2.45, 2.75) is 39.0 Å². The maximum atomic E-state index is 12.5. The quantitative estimate of drug-likeness (QED) is 0.638. The molecule has 1 N–H and O–H groups in total. The number of carbonyl (C=O) groups excluding carboxylic acids is 2. The fourth-order valence-corrected chi connectivity index (χ4v) is 3.64. The molecule has 1 aromatic carbocycles. The van der Waals surface area contributed by atoms with Gasteiger partial charge in [0, 0.05) is 35.8 Å². The first-order chi connectivity index (χ1) is 14.2. The van der Waals surface area contributed by atoms with Crippen LogP contribution in [0.15, 0.2) is 53.1 Å². The molecule has 0 aliphatic carbocycles. The summed E-state index contributed by atoms with van der Waals surface area (Å²) in [6.07, 6.45) is 6.44. The number of nitrogens with one attached hydrogen (secondary N) is 1. The molecule has 2 amide bonds. The third-order valence-electron chi connectivity index (χ3n) is 5.35. The number of nitrogens with zero attached hydrogens (tertiary/aromatic N) is 2. The molecule has 1 aliphatic heterocycles. The van der Waals surface area contributed by atoms with Gasteiger partial charge in [-0.2, -0.15) is 0 Å². The van der Waals surface area contributed by atoms with Crippen LogP contribution >= 0.6 is 15.9 Å². The zero-order valence-electron chi connectivity index (χ0n) is 17.7. The Morgan fingerprint density at radius 2 is 1.77 bits per heavy atom. The van der Waals surface area contributed by atoms with Crippen molar-refractivity contribution >= 4 is 39.6 Å². The Morgan fingerprint density at radius 3 is 2.33 bits per heavy atom. The van der Waals surface area contributed by atoms with Crippen LogP contribution in [-0.4, -0.2) is 34.8 Å². The van der Waals surface area contributed by atoms with Gasteiger partial charge in [0.15, 0.2) is 0 Å². The smallest absolute Gasteiger partial charge is 0.246 e. The minimum Gasteiger partial charge on any atom is -0.339 e. The van der Waals surface area contributed by atoms with Crippen molar-refractivity contribution in [3.8, 4) is 0 Å².